The van der Waals surface area contributed by atoms with Gasteiger partial charge in [0.25, 0.3) is 5.91 Å². The van der Waals surface area contributed by atoms with Crippen LogP contribution in [0.2, 0.25) is 0 Å². The van der Waals surface area contributed by atoms with Crippen molar-refractivity contribution in [2.45, 2.75) is 31.7 Å². The number of aromatic nitrogens is 1. The predicted molar refractivity (Wildman–Crippen MR) is 73.5 cm³/mol. The van der Waals surface area contributed by atoms with Crippen LogP contribution in [0.4, 0.5) is 0 Å². The van der Waals surface area contributed by atoms with Crippen molar-refractivity contribution >= 4 is 11.7 Å². The van der Waals surface area contributed by atoms with Crippen LogP contribution in [0.25, 0.3) is 0 Å². The molecule has 1 heterocycles. The first-order valence-corrected chi connectivity index (χ1v) is 6.92. The molecule has 1 aromatic rings. The highest BCUT2D eigenvalue weighted by atomic mass is 16.4. The molecule has 4 N–H and O–H groups in total. The van der Waals surface area contributed by atoms with E-state index in [1.165, 1.54) is 25.5 Å². The largest absolute Gasteiger partial charge is 0.409 e. The molecule has 1 aromatic heterocycles. The van der Waals surface area contributed by atoms with Gasteiger partial charge in [0.05, 0.1) is 0 Å². The maximum absolute atomic E-state index is 12.1. The van der Waals surface area contributed by atoms with Crippen LogP contribution in [0, 0.1) is 11.8 Å². The van der Waals surface area contributed by atoms with Gasteiger partial charge in [-0.1, -0.05) is 11.6 Å². The summed E-state index contributed by atoms with van der Waals surface area (Å²) < 4.78 is 0. The van der Waals surface area contributed by atoms with E-state index < -0.39 is 0 Å². The minimum atomic E-state index is -0.145. The first-order chi connectivity index (χ1) is 9.67. The number of carbonyl (C=O) groups is 1. The Balaban J connectivity index is 1.65. The van der Waals surface area contributed by atoms with Crippen molar-refractivity contribution < 1.29 is 10.0 Å². The minimum Gasteiger partial charge on any atom is -0.409 e. The van der Waals surface area contributed by atoms with Gasteiger partial charge in [0.15, 0.2) is 5.84 Å². The summed E-state index contributed by atoms with van der Waals surface area (Å²) in [7, 11) is 0. The highest BCUT2D eigenvalue weighted by Gasteiger charge is 2.40. The molecule has 3 rings (SSSR count). The van der Waals surface area contributed by atoms with Gasteiger partial charge in [0.1, 0.15) is 5.69 Å². The van der Waals surface area contributed by atoms with Crippen molar-refractivity contribution in [3.63, 3.8) is 0 Å². The zero-order chi connectivity index (χ0) is 14.1. The molecular weight excluding hydrogens is 256 g/mol. The summed E-state index contributed by atoms with van der Waals surface area (Å²) in [4.78, 5) is 16.2. The highest BCUT2D eigenvalue weighted by molar-refractivity contribution is 5.98. The number of nitrogens with zero attached hydrogens (tertiary/aromatic N) is 2. The molecule has 0 saturated heterocycles. The number of nitrogens with one attached hydrogen (secondary N) is 1. The quantitative estimate of drug-likeness (QED) is 0.332. The van der Waals surface area contributed by atoms with Gasteiger partial charge in [-0.2, -0.15) is 0 Å². The monoisotopic (exact) mass is 274 g/mol. The standard InChI is InChI=1S/C14H18N4O2/c15-13(18-20)10-3-4-11(16-7-10)14(19)17-12-6-8-1-2-9(12)5-8/h3-4,7-9,12,20H,1-2,5-6H2,(H2,15,18)(H,17,19). The Kier molecular flexibility index (Phi) is 3.30. The topological polar surface area (TPSA) is 101 Å². The Morgan fingerprint density at radius 1 is 1.40 bits per heavy atom. The Morgan fingerprint density at radius 2 is 2.25 bits per heavy atom. The van der Waals surface area contributed by atoms with Crippen LogP contribution >= 0.6 is 0 Å². The number of hydrogen-bond donors (Lipinski definition) is 3. The van der Waals surface area contributed by atoms with Crippen molar-refractivity contribution in [1.29, 1.82) is 0 Å². The third-order valence-corrected chi connectivity index (χ3v) is 4.45. The maximum atomic E-state index is 12.1. The second-order valence-electron chi connectivity index (χ2n) is 5.67. The molecule has 20 heavy (non-hydrogen) atoms. The van der Waals surface area contributed by atoms with Crippen LogP contribution in [0.15, 0.2) is 23.5 Å². The van der Waals surface area contributed by atoms with Crippen LogP contribution in [0.5, 0.6) is 0 Å². The van der Waals surface area contributed by atoms with E-state index in [0.717, 1.165) is 12.3 Å². The fraction of sp³-hybridized carbons (Fsp3) is 0.500. The minimum absolute atomic E-state index is 0.0161. The lowest BCUT2D eigenvalue weighted by molar-refractivity contribution is 0.0918. The number of fused-ring (bicyclic) bond motifs is 2. The summed E-state index contributed by atoms with van der Waals surface area (Å²) in [5, 5.41) is 14.5. The van der Waals surface area contributed by atoms with E-state index in [0.29, 0.717) is 23.2 Å². The number of carbonyl (C=O) groups excluding carboxylic acids is 1. The van der Waals surface area contributed by atoms with Crippen molar-refractivity contribution in [2.24, 2.45) is 22.7 Å². The van der Waals surface area contributed by atoms with E-state index in [-0.39, 0.29) is 11.7 Å². The fourth-order valence-corrected chi connectivity index (χ4v) is 3.40. The van der Waals surface area contributed by atoms with Gasteiger partial charge in [-0.25, -0.2) is 0 Å². The number of amides is 1. The van der Waals surface area contributed by atoms with Gasteiger partial charge in [0, 0.05) is 17.8 Å². The zero-order valence-electron chi connectivity index (χ0n) is 11.1. The summed E-state index contributed by atoms with van der Waals surface area (Å²) in [6, 6.07) is 3.51. The van der Waals surface area contributed by atoms with Crippen molar-refractivity contribution in [3.8, 4) is 0 Å². The molecule has 0 radical (unpaired) electrons. The number of rotatable bonds is 3. The lowest BCUT2D eigenvalue weighted by Crippen LogP contribution is -2.38. The molecule has 0 aliphatic heterocycles. The van der Waals surface area contributed by atoms with Crippen molar-refractivity contribution in [2.75, 3.05) is 0 Å². The molecule has 3 atom stereocenters. The lowest BCUT2D eigenvalue weighted by Gasteiger charge is -2.22. The second-order valence-corrected chi connectivity index (χ2v) is 5.67. The van der Waals surface area contributed by atoms with E-state index in [4.69, 9.17) is 10.9 Å². The molecule has 106 valence electrons. The second kappa shape index (κ2) is 5.11. The molecule has 2 saturated carbocycles. The van der Waals surface area contributed by atoms with Crippen molar-refractivity contribution in [1.82, 2.24) is 10.3 Å². The first kappa shape index (κ1) is 12.9. The molecule has 6 nitrogen and oxygen atoms in total. The van der Waals surface area contributed by atoms with E-state index in [1.807, 2.05) is 0 Å². The summed E-state index contributed by atoms with van der Waals surface area (Å²) in [6.07, 6.45) is 6.32. The normalized spacial score (nSPS) is 28.6. The van der Waals surface area contributed by atoms with Crippen LogP contribution in [0.1, 0.15) is 41.7 Å². The van der Waals surface area contributed by atoms with Gasteiger partial charge < -0.3 is 16.3 Å². The lowest BCUT2D eigenvalue weighted by atomic mass is 9.95. The van der Waals surface area contributed by atoms with Crippen molar-refractivity contribution in [3.05, 3.63) is 29.6 Å². The Bertz CT molecular complexity index is 541. The summed E-state index contributed by atoms with van der Waals surface area (Å²) in [5.74, 6) is 1.27. The molecule has 2 aliphatic carbocycles. The van der Waals surface area contributed by atoms with Gasteiger partial charge >= 0.3 is 0 Å². The summed E-state index contributed by atoms with van der Waals surface area (Å²) >= 11 is 0. The molecule has 0 spiro atoms. The number of pyridine rings is 1. The van der Waals surface area contributed by atoms with Gasteiger partial charge in [-0.15, -0.1) is 0 Å². The molecule has 2 aliphatic rings. The van der Waals surface area contributed by atoms with Gasteiger partial charge in [0.2, 0.25) is 0 Å². The SMILES string of the molecule is NC(=NO)c1ccc(C(=O)NC2CC3CCC2C3)nc1. The Hall–Kier alpha value is -2.11. The molecular formula is C14H18N4O2. The van der Waals surface area contributed by atoms with E-state index in [2.05, 4.69) is 15.5 Å². The number of nitrogens with two attached hydrogens (primary N) is 1. The zero-order valence-corrected chi connectivity index (χ0v) is 11.1. The summed E-state index contributed by atoms with van der Waals surface area (Å²) in [6.45, 7) is 0. The smallest absolute Gasteiger partial charge is 0.270 e. The molecule has 2 bridgehead atoms. The third kappa shape index (κ3) is 2.33. The predicted octanol–water partition coefficient (Wildman–Crippen LogP) is 1.09. The van der Waals surface area contributed by atoms with E-state index in [9.17, 15) is 4.79 Å². The molecule has 0 aromatic carbocycles. The average molecular weight is 274 g/mol. The molecule has 2 fully saturated rings. The fourth-order valence-electron chi connectivity index (χ4n) is 3.40. The Labute approximate surface area is 117 Å². The maximum Gasteiger partial charge on any atom is 0.270 e. The van der Waals surface area contributed by atoms with Gasteiger partial charge in [-0.3, -0.25) is 9.78 Å². The van der Waals surface area contributed by atoms with Crippen LogP contribution in [-0.4, -0.2) is 28.0 Å². The van der Waals surface area contributed by atoms with Crippen LogP contribution in [0.3, 0.4) is 0 Å². The molecule has 3 unspecified atom stereocenters. The molecule has 6 heteroatoms. The van der Waals surface area contributed by atoms with Crippen LogP contribution in [-0.2, 0) is 0 Å². The molecule has 1 amide bonds. The van der Waals surface area contributed by atoms with Crippen LogP contribution < -0.4 is 11.1 Å². The third-order valence-electron chi connectivity index (χ3n) is 4.45. The van der Waals surface area contributed by atoms with E-state index in [1.54, 1.807) is 12.1 Å². The highest BCUT2D eigenvalue weighted by Crippen LogP contribution is 2.44. The van der Waals surface area contributed by atoms with Gasteiger partial charge in [-0.05, 0) is 43.2 Å². The van der Waals surface area contributed by atoms with E-state index >= 15 is 0 Å². The summed E-state index contributed by atoms with van der Waals surface area (Å²) in [5.41, 5.74) is 6.31. The first-order valence-electron chi connectivity index (χ1n) is 6.92. The number of hydrogen-bond acceptors (Lipinski definition) is 4. The number of amidine groups is 1. The Morgan fingerprint density at radius 3 is 2.80 bits per heavy atom. The average Bonchev–Trinajstić information content (AvgIpc) is 3.09. The number of oxime groups is 1.